The molecule has 0 rings (SSSR count). The lowest BCUT2D eigenvalue weighted by Crippen LogP contribution is -1.91. The summed E-state index contributed by atoms with van der Waals surface area (Å²) in [6, 6.07) is 0. The molecule has 0 unspecified atom stereocenters. The van der Waals surface area contributed by atoms with Crippen molar-refractivity contribution in [3.63, 3.8) is 0 Å². The number of hydrogen-bond acceptors (Lipinski definition) is 2. The van der Waals surface area contributed by atoms with E-state index < -0.39 is 10.5 Å². The number of carbonyl (C=O) groups is 2. The second-order valence-corrected chi connectivity index (χ2v) is 3.07. The van der Waals surface area contributed by atoms with Crippen LogP contribution < -0.4 is 0 Å². The van der Waals surface area contributed by atoms with E-state index in [9.17, 15) is 9.59 Å². The first-order valence-corrected chi connectivity index (χ1v) is 4.58. The molecule has 2 nitrogen and oxygen atoms in total. The van der Waals surface area contributed by atoms with Crippen molar-refractivity contribution >= 4 is 33.7 Å². The fraction of sp³-hybridized carbons (Fsp3) is 0.333. The predicted octanol–water partition coefficient (Wildman–Crippen LogP) is 2.80. The van der Waals surface area contributed by atoms with Crippen LogP contribution in [0.5, 0.6) is 0 Å². The second-order valence-electron chi connectivity index (χ2n) is 2.30. The summed E-state index contributed by atoms with van der Waals surface area (Å²) in [4.78, 5) is 21.1. The number of halogens is 2. The third-order valence-electron chi connectivity index (χ3n) is 1.24. The van der Waals surface area contributed by atoms with Crippen molar-refractivity contribution in [1.82, 2.24) is 0 Å². The maximum atomic E-state index is 10.8. The van der Waals surface area contributed by atoms with Crippen LogP contribution in [0.25, 0.3) is 0 Å². The highest BCUT2D eigenvalue weighted by Gasteiger charge is 2.02. The lowest BCUT2D eigenvalue weighted by Gasteiger charge is -1.92. The molecule has 0 atom stereocenters. The molecule has 0 saturated carbocycles. The van der Waals surface area contributed by atoms with Gasteiger partial charge in [-0.2, -0.15) is 0 Å². The van der Waals surface area contributed by atoms with Crippen LogP contribution in [0.4, 0.5) is 0 Å². The Morgan fingerprint density at radius 1 is 1.31 bits per heavy atom. The lowest BCUT2D eigenvalue weighted by molar-refractivity contribution is -0.110. The monoisotopic (exact) mass is 220 g/mol. The lowest BCUT2D eigenvalue weighted by atomic mass is 10.2. The Bertz CT molecular complexity index is 254. The number of hydrogen-bond donors (Lipinski definition) is 0. The minimum absolute atomic E-state index is 0.0173. The summed E-state index contributed by atoms with van der Waals surface area (Å²) in [5, 5.41) is -1.09. The average molecular weight is 221 g/mol. The molecule has 0 amide bonds. The Morgan fingerprint density at radius 2 is 1.92 bits per heavy atom. The molecule has 4 heteroatoms. The molecule has 0 aromatic heterocycles. The van der Waals surface area contributed by atoms with Gasteiger partial charge in [-0.1, -0.05) is 25.2 Å². The van der Waals surface area contributed by atoms with Crippen LogP contribution in [0.2, 0.25) is 0 Å². The summed E-state index contributed by atoms with van der Waals surface area (Å²) in [5.41, 5.74) is 0.303. The second kappa shape index (κ2) is 6.87. The van der Waals surface area contributed by atoms with E-state index in [0.717, 1.165) is 6.42 Å². The first-order valence-electron chi connectivity index (χ1n) is 3.82. The van der Waals surface area contributed by atoms with Gasteiger partial charge in [-0.05, 0) is 29.6 Å². The van der Waals surface area contributed by atoms with Crippen molar-refractivity contribution in [2.24, 2.45) is 0 Å². The van der Waals surface area contributed by atoms with E-state index >= 15 is 0 Å². The minimum Gasteiger partial charge on any atom is -0.281 e. The zero-order valence-electron chi connectivity index (χ0n) is 7.22. The first kappa shape index (κ1) is 12.4. The Hall–Kier alpha value is -0.600. The van der Waals surface area contributed by atoms with Gasteiger partial charge in [0, 0.05) is 12.0 Å². The van der Waals surface area contributed by atoms with Gasteiger partial charge in [0.25, 0.3) is 5.24 Å². The van der Waals surface area contributed by atoms with Gasteiger partial charge in [-0.25, -0.2) is 0 Å². The van der Waals surface area contributed by atoms with Gasteiger partial charge in [0.05, 0.1) is 0 Å². The van der Waals surface area contributed by atoms with Crippen LogP contribution >= 0.6 is 23.2 Å². The summed E-state index contributed by atoms with van der Waals surface area (Å²) < 4.78 is 0. The molecule has 0 N–H and O–H groups in total. The van der Waals surface area contributed by atoms with Crippen molar-refractivity contribution in [3.8, 4) is 0 Å². The number of carbonyl (C=O) groups excluding carboxylic acids is 2. The zero-order chi connectivity index (χ0) is 10.3. The molecule has 0 aromatic carbocycles. The fourth-order valence-corrected chi connectivity index (χ4v) is 0.866. The van der Waals surface area contributed by atoms with Gasteiger partial charge in [0.1, 0.15) is 0 Å². The van der Waals surface area contributed by atoms with Crippen molar-refractivity contribution in [1.29, 1.82) is 0 Å². The minimum atomic E-state index is -0.581. The van der Waals surface area contributed by atoms with Gasteiger partial charge in [-0.3, -0.25) is 9.59 Å². The molecule has 0 aliphatic carbocycles. The van der Waals surface area contributed by atoms with Crippen molar-refractivity contribution < 1.29 is 9.59 Å². The summed E-state index contributed by atoms with van der Waals surface area (Å²) in [6.45, 7) is 1.93. The summed E-state index contributed by atoms with van der Waals surface area (Å²) >= 11 is 10.3. The molecule has 0 heterocycles. The van der Waals surface area contributed by atoms with E-state index in [0.29, 0.717) is 5.57 Å². The topological polar surface area (TPSA) is 34.1 Å². The Morgan fingerprint density at radius 3 is 2.31 bits per heavy atom. The molecule has 0 aliphatic rings. The molecular weight excluding hydrogens is 211 g/mol. The van der Waals surface area contributed by atoms with Gasteiger partial charge in [0.2, 0.25) is 5.24 Å². The standard InChI is InChI=1S/C9H10Cl2O2/c1-2-3-4-7(9(11)13)5-6-8(10)12/h3-5H,2,6H2,1H3/b4-3-,7-5+. The summed E-state index contributed by atoms with van der Waals surface area (Å²) in [5.74, 6) is 0. The fourth-order valence-electron chi connectivity index (χ4n) is 0.649. The van der Waals surface area contributed by atoms with Crippen LogP contribution in [-0.4, -0.2) is 10.5 Å². The van der Waals surface area contributed by atoms with Crippen LogP contribution in [-0.2, 0) is 9.59 Å². The normalized spacial score (nSPS) is 12.1. The molecule has 0 spiro atoms. The van der Waals surface area contributed by atoms with E-state index in [2.05, 4.69) is 0 Å². The first-order chi connectivity index (χ1) is 6.07. The smallest absolute Gasteiger partial charge is 0.252 e. The van der Waals surface area contributed by atoms with Crippen molar-refractivity contribution in [2.75, 3.05) is 0 Å². The van der Waals surface area contributed by atoms with Gasteiger partial charge in [0.15, 0.2) is 0 Å². The number of rotatable bonds is 5. The van der Waals surface area contributed by atoms with Crippen LogP contribution in [0.3, 0.4) is 0 Å². The van der Waals surface area contributed by atoms with E-state index in [1.165, 1.54) is 6.08 Å². The molecule has 0 aliphatic heterocycles. The number of allylic oxidation sites excluding steroid dienone is 4. The molecule has 0 radical (unpaired) electrons. The summed E-state index contributed by atoms with van der Waals surface area (Å²) in [7, 11) is 0. The largest absolute Gasteiger partial charge is 0.281 e. The van der Waals surface area contributed by atoms with Gasteiger partial charge >= 0.3 is 0 Å². The van der Waals surface area contributed by atoms with Gasteiger partial charge < -0.3 is 0 Å². The SMILES string of the molecule is CC/C=C\C(=C/CC(=O)Cl)C(=O)Cl. The molecular formula is C9H10Cl2O2. The van der Waals surface area contributed by atoms with E-state index in [1.54, 1.807) is 12.2 Å². The summed E-state index contributed by atoms with van der Waals surface area (Å²) in [6.07, 6.45) is 5.59. The van der Waals surface area contributed by atoms with Crippen LogP contribution in [0, 0.1) is 0 Å². The van der Waals surface area contributed by atoms with Crippen molar-refractivity contribution in [2.45, 2.75) is 19.8 Å². The highest BCUT2D eigenvalue weighted by atomic mass is 35.5. The average Bonchev–Trinajstić information content (AvgIpc) is 2.03. The molecule has 13 heavy (non-hydrogen) atoms. The molecule has 0 aromatic rings. The Labute approximate surface area is 87.2 Å². The predicted molar refractivity (Wildman–Crippen MR) is 53.9 cm³/mol. The molecule has 0 fully saturated rings. The molecule has 72 valence electrons. The quantitative estimate of drug-likeness (QED) is 0.406. The third-order valence-corrected chi connectivity index (χ3v) is 1.62. The van der Waals surface area contributed by atoms with E-state index in [-0.39, 0.29) is 6.42 Å². The molecule has 0 bridgehead atoms. The zero-order valence-corrected chi connectivity index (χ0v) is 8.73. The molecule has 0 saturated heterocycles. The maximum Gasteiger partial charge on any atom is 0.252 e. The maximum absolute atomic E-state index is 10.8. The van der Waals surface area contributed by atoms with Crippen LogP contribution in [0.15, 0.2) is 23.8 Å². The van der Waals surface area contributed by atoms with Crippen LogP contribution in [0.1, 0.15) is 19.8 Å². The Kier molecular flexibility index (Phi) is 6.55. The van der Waals surface area contributed by atoms with E-state index in [1.807, 2.05) is 6.92 Å². The third kappa shape index (κ3) is 6.55. The van der Waals surface area contributed by atoms with Crippen molar-refractivity contribution in [3.05, 3.63) is 23.8 Å². The highest BCUT2D eigenvalue weighted by Crippen LogP contribution is 2.06. The Balaban J connectivity index is 4.41. The van der Waals surface area contributed by atoms with E-state index in [4.69, 9.17) is 23.2 Å². The van der Waals surface area contributed by atoms with Gasteiger partial charge in [-0.15, -0.1) is 0 Å². The highest BCUT2D eigenvalue weighted by molar-refractivity contribution is 6.68.